The summed E-state index contributed by atoms with van der Waals surface area (Å²) in [6.07, 6.45) is 3.83. The molecule has 2 atom stereocenters. The van der Waals surface area contributed by atoms with E-state index in [4.69, 9.17) is 10.2 Å². The fourth-order valence-electron chi connectivity index (χ4n) is 2.58. The van der Waals surface area contributed by atoms with Gasteiger partial charge in [0.25, 0.3) is 0 Å². The monoisotopic (exact) mass is 261 g/mol. The lowest BCUT2D eigenvalue weighted by molar-refractivity contribution is 0.467. The minimum atomic E-state index is 0.0306. The molecule has 2 unspecified atom stereocenters. The topological polar surface area (TPSA) is 39.2 Å². The molecule has 0 spiro atoms. The zero-order chi connectivity index (χ0) is 12.5. The first-order valence-corrected chi connectivity index (χ1v) is 7.66. The molecule has 1 aliphatic rings. The van der Waals surface area contributed by atoms with Gasteiger partial charge in [0.15, 0.2) is 0 Å². The van der Waals surface area contributed by atoms with Crippen LogP contribution in [0.25, 0.3) is 11.0 Å². The van der Waals surface area contributed by atoms with E-state index in [9.17, 15) is 0 Å². The van der Waals surface area contributed by atoms with Crippen LogP contribution < -0.4 is 5.73 Å². The summed E-state index contributed by atoms with van der Waals surface area (Å²) in [6, 6.07) is 8.42. The summed E-state index contributed by atoms with van der Waals surface area (Å²) in [5.74, 6) is 2.17. The quantitative estimate of drug-likeness (QED) is 0.887. The van der Waals surface area contributed by atoms with Crippen molar-refractivity contribution in [2.24, 2.45) is 5.73 Å². The van der Waals surface area contributed by atoms with Gasteiger partial charge in [0, 0.05) is 10.6 Å². The van der Waals surface area contributed by atoms with Gasteiger partial charge in [-0.15, -0.1) is 0 Å². The van der Waals surface area contributed by atoms with Gasteiger partial charge in [-0.3, -0.25) is 0 Å². The Labute approximate surface area is 112 Å². The van der Waals surface area contributed by atoms with Gasteiger partial charge in [0.05, 0.1) is 6.04 Å². The summed E-state index contributed by atoms with van der Waals surface area (Å²) in [5.41, 5.74) is 8.57. The number of hydrogen-bond acceptors (Lipinski definition) is 3. The summed E-state index contributed by atoms with van der Waals surface area (Å²) >= 11 is 1.99. The lowest BCUT2D eigenvalue weighted by Gasteiger charge is -2.25. The van der Waals surface area contributed by atoms with Crippen molar-refractivity contribution in [3.05, 3.63) is 35.6 Å². The van der Waals surface area contributed by atoms with Crippen LogP contribution in [0.5, 0.6) is 0 Å². The number of fused-ring (bicyclic) bond motifs is 1. The average Bonchev–Trinajstić information content (AvgIpc) is 2.81. The lowest BCUT2D eigenvalue weighted by atomic mass is 10.1. The Morgan fingerprint density at radius 2 is 2.22 bits per heavy atom. The third kappa shape index (κ3) is 2.29. The van der Waals surface area contributed by atoms with Gasteiger partial charge in [-0.2, -0.15) is 11.8 Å². The number of aryl methyl sites for hydroxylation is 1. The van der Waals surface area contributed by atoms with Crippen LogP contribution in [-0.4, -0.2) is 11.0 Å². The van der Waals surface area contributed by atoms with E-state index in [0.29, 0.717) is 5.25 Å². The summed E-state index contributed by atoms with van der Waals surface area (Å²) in [7, 11) is 0. The summed E-state index contributed by atoms with van der Waals surface area (Å²) < 4.78 is 5.90. The molecule has 0 amide bonds. The van der Waals surface area contributed by atoms with Crippen molar-refractivity contribution in [1.29, 1.82) is 0 Å². The van der Waals surface area contributed by atoms with Gasteiger partial charge in [-0.05, 0) is 43.7 Å². The van der Waals surface area contributed by atoms with Crippen molar-refractivity contribution >= 4 is 22.7 Å². The van der Waals surface area contributed by atoms with Crippen molar-refractivity contribution in [3.63, 3.8) is 0 Å². The van der Waals surface area contributed by atoms with Crippen molar-refractivity contribution in [3.8, 4) is 0 Å². The molecule has 2 N–H and O–H groups in total. The predicted octanol–water partition coefficient (Wildman–Crippen LogP) is 4.03. The maximum Gasteiger partial charge on any atom is 0.134 e. The van der Waals surface area contributed by atoms with Gasteiger partial charge < -0.3 is 10.2 Å². The first-order chi connectivity index (χ1) is 8.74. The molecule has 96 valence electrons. The fraction of sp³-hybridized carbons (Fsp3) is 0.467. The molecule has 0 aliphatic carbocycles. The standard InChI is InChI=1S/C15H19NOS/c1-10-5-6-12-11(8-10)9-13(17-12)15(16)14-4-2-3-7-18-14/h5-6,8-9,14-15H,2-4,7,16H2,1H3. The van der Waals surface area contributed by atoms with E-state index < -0.39 is 0 Å². The van der Waals surface area contributed by atoms with Crippen molar-refractivity contribution in [2.45, 2.75) is 37.5 Å². The lowest BCUT2D eigenvalue weighted by Crippen LogP contribution is -2.25. The Hall–Kier alpha value is -0.930. The first-order valence-electron chi connectivity index (χ1n) is 6.61. The van der Waals surface area contributed by atoms with Gasteiger partial charge in [0.1, 0.15) is 11.3 Å². The predicted molar refractivity (Wildman–Crippen MR) is 78.0 cm³/mol. The molecule has 2 nitrogen and oxygen atoms in total. The van der Waals surface area contributed by atoms with E-state index in [0.717, 1.165) is 11.3 Å². The zero-order valence-corrected chi connectivity index (χ0v) is 11.5. The van der Waals surface area contributed by atoms with E-state index >= 15 is 0 Å². The number of furan rings is 1. The second-order valence-electron chi connectivity index (χ2n) is 5.12. The Morgan fingerprint density at radius 1 is 1.33 bits per heavy atom. The summed E-state index contributed by atoms with van der Waals surface area (Å²) in [5, 5.41) is 1.68. The molecule has 1 saturated heterocycles. The van der Waals surface area contributed by atoms with Crippen LogP contribution in [0, 0.1) is 6.92 Å². The Morgan fingerprint density at radius 3 is 3.00 bits per heavy atom. The van der Waals surface area contributed by atoms with Crippen molar-refractivity contribution < 1.29 is 4.42 Å². The number of benzene rings is 1. The number of thioether (sulfide) groups is 1. The van der Waals surface area contributed by atoms with Crippen LogP contribution in [0.15, 0.2) is 28.7 Å². The highest BCUT2D eigenvalue weighted by molar-refractivity contribution is 8.00. The van der Waals surface area contributed by atoms with Crippen LogP contribution in [0.3, 0.4) is 0 Å². The van der Waals surface area contributed by atoms with E-state index in [-0.39, 0.29) is 6.04 Å². The van der Waals surface area contributed by atoms with Gasteiger partial charge in [-0.25, -0.2) is 0 Å². The normalized spacial score (nSPS) is 22.2. The minimum Gasteiger partial charge on any atom is -0.459 e. The first kappa shape index (κ1) is 12.1. The average molecular weight is 261 g/mol. The van der Waals surface area contributed by atoms with Crippen molar-refractivity contribution in [2.75, 3.05) is 5.75 Å². The third-order valence-electron chi connectivity index (χ3n) is 3.63. The number of rotatable bonds is 2. The molecule has 18 heavy (non-hydrogen) atoms. The highest BCUT2D eigenvalue weighted by Gasteiger charge is 2.25. The second kappa shape index (κ2) is 4.98. The van der Waals surface area contributed by atoms with E-state index in [1.165, 1.54) is 36.0 Å². The van der Waals surface area contributed by atoms with Crippen LogP contribution in [-0.2, 0) is 0 Å². The van der Waals surface area contributed by atoms with E-state index in [2.05, 4.69) is 25.1 Å². The largest absolute Gasteiger partial charge is 0.459 e. The van der Waals surface area contributed by atoms with E-state index in [1.54, 1.807) is 0 Å². The zero-order valence-electron chi connectivity index (χ0n) is 10.7. The second-order valence-corrected chi connectivity index (χ2v) is 6.47. The molecule has 2 heterocycles. The molecule has 3 heteroatoms. The molecule has 2 aromatic rings. The summed E-state index contributed by atoms with van der Waals surface area (Å²) in [6.45, 7) is 2.10. The Kier molecular flexibility index (Phi) is 3.35. The number of hydrogen-bond donors (Lipinski definition) is 1. The molecular formula is C15H19NOS. The van der Waals surface area contributed by atoms with Crippen LogP contribution in [0.2, 0.25) is 0 Å². The third-order valence-corrected chi connectivity index (χ3v) is 5.12. The molecule has 0 radical (unpaired) electrons. The highest BCUT2D eigenvalue weighted by atomic mass is 32.2. The minimum absolute atomic E-state index is 0.0306. The molecule has 1 aliphatic heterocycles. The van der Waals surface area contributed by atoms with Gasteiger partial charge in [-0.1, -0.05) is 18.1 Å². The highest BCUT2D eigenvalue weighted by Crippen LogP contribution is 2.35. The Bertz CT molecular complexity index is 542. The molecule has 1 fully saturated rings. The van der Waals surface area contributed by atoms with Crippen LogP contribution in [0.1, 0.15) is 36.6 Å². The van der Waals surface area contributed by atoms with Crippen LogP contribution >= 0.6 is 11.8 Å². The molecular weight excluding hydrogens is 242 g/mol. The molecule has 0 bridgehead atoms. The maximum absolute atomic E-state index is 6.36. The summed E-state index contributed by atoms with van der Waals surface area (Å²) in [4.78, 5) is 0. The molecule has 1 aromatic carbocycles. The SMILES string of the molecule is Cc1ccc2oc(C(N)C3CCCCS3)cc2c1. The molecule has 3 rings (SSSR count). The van der Waals surface area contributed by atoms with E-state index in [1.807, 2.05) is 17.8 Å². The Balaban J connectivity index is 1.88. The number of nitrogens with two attached hydrogens (primary N) is 1. The molecule has 1 aromatic heterocycles. The van der Waals surface area contributed by atoms with Gasteiger partial charge in [0.2, 0.25) is 0 Å². The fourth-order valence-corrected chi connectivity index (χ4v) is 3.93. The van der Waals surface area contributed by atoms with Crippen LogP contribution in [0.4, 0.5) is 0 Å². The smallest absolute Gasteiger partial charge is 0.134 e. The van der Waals surface area contributed by atoms with Gasteiger partial charge >= 0.3 is 0 Å². The maximum atomic E-state index is 6.36. The van der Waals surface area contributed by atoms with Crippen molar-refractivity contribution in [1.82, 2.24) is 0 Å². The molecule has 0 saturated carbocycles.